The molecule has 1 aliphatic heterocycles. The number of benzene rings is 2. The Morgan fingerprint density at radius 1 is 1.16 bits per heavy atom. The van der Waals surface area contributed by atoms with Gasteiger partial charge in [-0.15, -0.1) is 0 Å². The maximum atomic E-state index is 5.56. The van der Waals surface area contributed by atoms with E-state index in [9.17, 15) is 0 Å². The number of hydrogen-bond acceptors (Lipinski definition) is 2. The van der Waals surface area contributed by atoms with Crippen LogP contribution in [0.25, 0.3) is 0 Å². The Balaban J connectivity index is 1.81. The predicted octanol–water partition coefficient (Wildman–Crippen LogP) is 4.10. The standard InChI is InChI=1S/C17H19NO/c1-3-19-15-8-9-16-14(10-15)11-17(18-16)13-6-4-12(2)5-7-13/h4-10,17-18H,3,11H2,1-2H3. The maximum Gasteiger partial charge on any atom is 0.119 e. The van der Waals surface area contributed by atoms with Gasteiger partial charge >= 0.3 is 0 Å². The molecule has 98 valence electrons. The van der Waals surface area contributed by atoms with Crippen molar-refractivity contribution in [3.63, 3.8) is 0 Å². The van der Waals surface area contributed by atoms with Crippen LogP contribution in [0.3, 0.4) is 0 Å². The fourth-order valence-electron chi connectivity index (χ4n) is 2.59. The first-order valence-electron chi connectivity index (χ1n) is 6.85. The molecule has 1 heterocycles. The molecular weight excluding hydrogens is 234 g/mol. The van der Waals surface area contributed by atoms with E-state index in [4.69, 9.17) is 4.74 Å². The summed E-state index contributed by atoms with van der Waals surface area (Å²) in [6.45, 7) is 4.85. The summed E-state index contributed by atoms with van der Waals surface area (Å²) in [6, 6.07) is 15.5. The van der Waals surface area contributed by atoms with Crippen LogP contribution in [0.15, 0.2) is 42.5 Å². The van der Waals surface area contributed by atoms with Crippen LogP contribution in [-0.2, 0) is 6.42 Å². The lowest BCUT2D eigenvalue weighted by atomic mass is 10.0. The Hall–Kier alpha value is -1.96. The van der Waals surface area contributed by atoms with Crippen LogP contribution in [0.5, 0.6) is 5.75 Å². The van der Waals surface area contributed by atoms with E-state index in [1.807, 2.05) is 13.0 Å². The molecule has 1 atom stereocenters. The van der Waals surface area contributed by atoms with E-state index in [1.54, 1.807) is 0 Å². The van der Waals surface area contributed by atoms with Crippen LogP contribution in [0, 0.1) is 6.92 Å². The Bertz CT molecular complexity index is 574. The number of rotatable bonds is 3. The van der Waals surface area contributed by atoms with Crippen molar-refractivity contribution in [3.05, 3.63) is 59.2 Å². The topological polar surface area (TPSA) is 21.3 Å². The van der Waals surface area contributed by atoms with E-state index >= 15 is 0 Å². The molecule has 1 unspecified atom stereocenters. The zero-order valence-corrected chi connectivity index (χ0v) is 11.4. The minimum absolute atomic E-state index is 0.382. The van der Waals surface area contributed by atoms with Crippen molar-refractivity contribution < 1.29 is 4.74 Å². The Labute approximate surface area is 114 Å². The summed E-state index contributed by atoms with van der Waals surface area (Å²) >= 11 is 0. The lowest BCUT2D eigenvalue weighted by Crippen LogP contribution is -2.05. The molecule has 1 N–H and O–H groups in total. The monoisotopic (exact) mass is 253 g/mol. The molecule has 2 aromatic rings. The van der Waals surface area contributed by atoms with Gasteiger partial charge in [0.2, 0.25) is 0 Å². The largest absolute Gasteiger partial charge is 0.494 e. The third kappa shape index (κ3) is 2.43. The number of nitrogens with one attached hydrogen (secondary N) is 1. The molecule has 0 radical (unpaired) electrons. The highest BCUT2D eigenvalue weighted by molar-refractivity contribution is 5.60. The first-order valence-corrected chi connectivity index (χ1v) is 6.85. The van der Waals surface area contributed by atoms with Crippen molar-refractivity contribution in [2.75, 3.05) is 11.9 Å². The number of aryl methyl sites for hydroxylation is 1. The fourth-order valence-corrected chi connectivity index (χ4v) is 2.59. The third-order valence-corrected chi connectivity index (χ3v) is 3.62. The molecule has 0 amide bonds. The predicted molar refractivity (Wildman–Crippen MR) is 78.9 cm³/mol. The summed E-state index contributed by atoms with van der Waals surface area (Å²) in [5.41, 5.74) is 5.23. The molecule has 19 heavy (non-hydrogen) atoms. The van der Waals surface area contributed by atoms with Gasteiger partial charge in [0.05, 0.1) is 12.6 Å². The van der Waals surface area contributed by atoms with E-state index in [-0.39, 0.29) is 0 Å². The molecule has 0 fully saturated rings. The van der Waals surface area contributed by atoms with Gasteiger partial charge in [-0.25, -0.2) is 0 Å². The molecule has 2 aromatic carbocycles. The first-order chi connectivity index (χ1) is 9.26. The second-order valence-electron chi connectivity index (χ2n) is 5.06. The van der Waals surface area contributed by atoms with Crippen LogP contribution in [0.4, 0.5) is 5.69 Å². The Morgan fingerprint density at radius 2 is 1.95 bits per heavy atom. The van der Waals surface area contributed by atoms with Crippen LogP contribution in [0.1, 0.15) is 29.7 Å². The van der Waals surface area contributed by atoms with Crippen molar-refractivity contribution in [3.8, 4) is 5.75 Å². The molecule has 0 saturated carbocycles. The van der Waals surface area contributed by atoms with Crippen molar-refractivity contribution in [1.29, 1.82) is 0 Å². The number of anilines is 1. The van der Waals surface area contributed by atoms with Gasteiger partial charge in [-0.1, -0.05) is 29.8 Å². The van der Waals surface area contributed by atoms with Gasteiger partial charge in [0.25, 0.3) is 0 Å². The summed E-state index contributed by atoms with van der Waals surface area (Å²) < 4.78 is 5.56. The normalized spacial score (nSPS) is 16.8. The first kappa shape index (κ1) is 12.1. The smallest absolute Gasteiger partial charge is 0.119 e. The van der Waals surface area contributed by atoms with Crippen LogP contribution in [-0.4, -0.2) is 6.61 Å². The highest BCUT2D eigenvalue weighted by Crippen LogP contribution is 2.36. The summed E-state index contributed by atoms with van der Waals surface area (Å²) in [5.74, 6) is 0.965. The van der Waals surface area contributed by atoms with Gasteiger partial charge in [0.1, 0.15) is 5.75 Å². The Kier molecular flexibility index (Phi) is 3.16. The van der Waals surface area contributed by atoms with E-state index in [1.165, 1.54) is 22.4 Å². The molecule has 2 nitrogen and oxygen atoms in total. The van der Waals surface area contributed by atoms with Crippen molar-refractivity contribution in [1.82, 2.24) is 0 Å². The van der Waals surface area contributed by atoms with E-state index in [0.29, 0.717) is 12.6 Å². The van der Waals surface area contributed by atoms with E-state index in [0.717, 1.165) is 12.2 Å². The van der Waals surface area contributed by atoms with Gasteiger partial charge in [-0.05, 0) is 49.6 Å². The quantitative estimate of drug-likeness (QED) is 0.889. The van der Waals surface area contributed by atoms with Crippen molar-refractivity contribution in [2.45, 2.75) is 26.3 Å². The zero-order valence-electron chi connectivity index (χ0n) is 11.4. The van der Waals surface area contributed by atoms with Crippen LogP contribution < -0.4 is 10.1 Å². The number of fused-ring (bicyclic) bond motifs is 1. The SMILES string of the molecule is CCOc1ccc2c(c1)CC(c1ccc(C)cc1)N2. The molecule has 2 heteroatoms. The summed E-state index contributed by atoms with van der Waals surface area (Å²) in [7, 11) is 0. The number of hydrogen-bond donors (Lipinski definition) is 1. The highest BCUT2D eigenvalue weighted by Gasteiger charge is 2.22. The average Bonchev–Trinajstić information content (AvgIpc) is 2.83. The molecule has 0 aliphatic carbocycles. The lowest BCUT2D eigenvalue weighted by Gasteiger charge is -2.11. The molecule has 0 spiro atoms. The van der Waals surface area contributed by atoms with Crippen molar-refractivity contribution >= 4 is 5.69 Å². The molecular formula is C17H19NO. The van der Waals surface area contributed by atoms with Gasteiger partial charge in [-0.3, -0.25) is 0 Å². The molecule has 3 rings (SSSR count). The summed E-state index contributed by atoms with van der Waals surface area (Å²) in [6.07, 6.45) is 1.03. The number of ether oxygens (including phenoxy) is 1. The van der Waals surface area contributed by atoms with E-state index < -0.39 is 0 Å². The average molecular weight is 253 g/mol. The molecule has 0 aromatic heterocycles. The summed E-state index contributed by atoms with van der Waals surface area (Å²) in [5, 5.41) is 3.58. The minimum atomic E-state index is 0.382. The second kappa shape index (κ2) is 4.96. The van der Waals surface area contributed by atoms with Gasteiger partial charge < -0.3 is 10.1 Å². The fraction of sp³-hybridized carbons (Fsp3) is 0.294. The van der Waals surface area contributed by atoms with Gasteiger partial charge in [0.15, 0.2) is 0 Å². The van der Waals surface area contributed by atoms with Crippen LogP contribution >= 0.6 is 0 Å². The highest BCUT2D eigenvalue weighted by atomic mass is 16.5. The maximum absolute atomic E-state index is 5.56. The zero-order chi connectivity index (χ0) is 13.2. The van der Waals surface area contributed by atoms with Crippen molar-refractivity contribution in [2.24, 2.45) is 0 Å². The van der Waals surface area contributed by atoms with Gasteiger partial charge in [-0.2, -0.15) is 0 Å². The lowest BCUT2D eigenvalue weighted by molar-refractivity contribution is 0.340. The van der Waals surface area contributed by atoms with E-state index in [2.05, 4.69) is 48.6 Å². The molecule has 1 aliphatic rings. The van der Waals surface area contributed by atoms with Crippen LogP contribution in [0.2, 0.25) is 0 Å². The Morgan fingerprint density at radius 3 is 2.68 bits per heavy atom. The molecule has 0 bridgehead atoms. The summed E-state index contributed by atoms with van der Waals surface area (Å²) in [4.78, 5) is 0. The van der Waals surface area contributed by atoms with Gasteiger partial charge in [0, 0.05) is 5.69 Å². The second-order valence-corrected chi connectivity index (χ2v) is 5.06. The molecule has 0 saturated heterocycles. The minimum Gasteiger partial charge on any atom is -0.494 e. The third-order valence-electron chi connectivity index (χ3n) is 3.62.